The molecule has 10 nitrogen and oxygen atoms in total. The number of benzene rings is 3. The van der Waals surface area contributed by atoms with Crippen LogP contribution in [0.1, 0.15) is 47.3 Å². The van der Waals surface area contributed by atoms with Gasteiger partial charge in [-0.2, -0.15) is 9.97 Å². The molecule has 2 atom stereocenters. The summed E-state index contributed by atoms with van der Waals surface area (Å²) in [5.41, 5.74) is 3.82. The molecule has 3 aliphatic heterocycles. The molecule has 3 aromatic carbocycles. The highest BCUT2D eigenvalue weighted by atomic mass is 131. The number of nitrogens with zero attached hydrogens (tertiary/aromatic N) is 7. The second-order valence-electron chi connectivity index (χ2n) is 13.9. The Morgan fingerprint density at radius 3 is 2.68 bits per heavy atom. The minimum atomic E-state index is -0.274. The van der Waals surface area contributed by atoms with Crippen LogP contribution in [0.2, 0.25) is 5.02 Å². The first kappa shape index (κ1) is 37.1. The number of rotatable bonds is 12. The molecule has 4 heterocycles. The molecule has 2 fully saturated rings. The molecule has 0 unspecified atom stereocenters. The largest absolute Gasteiger partial charge is 0.462 e. The van der Waals surface area contributed by atoms with E-state index in [2.05, 4.69) is 73.0 Å². The van der Waals surface area contributed by atoms with Gasteiger partial charge in [0.25, 0.3) is 0 Å². The molecule has 7 rings (SSSR count). The van der Waals surface area contributed by atoms with Crippen LogP contribution in [0.5, 0.6) is 6.01 Å². The van der Waals surface area contributed by atoms with Gasteiger partial charge in [0.1, 0.15) is 18.5 Å². The van der Waals surface area contributed by atoms with Crippen LogP contribution in [0.15, 0.2) is 73.3 Å². The molecule has 53 heavy (non-hydrogen) atoms. The highest BCUT2D eigenvalue weighted by Gasteiger charge is 2.35. The van der Waals surface area contributed by atoms with Crippen LogP contribution in [-0.2, 0) is 17.8 Å². The molecule has 4 aromatic rings. The number of likely N-dealkylation sites (tertiary alicyclic amines) is 1. The number of ether oxygens (including phenoxy) is 1. The second-order valence-corrected chi connectivity index (χ2v) is 15.6. The zero-order chi connectivity index (χ0) is 36.9. The first-order chi connectivity index (χ1) is 25.8. The number of aromatic nitrogens is 2. The number of piperazine rings is 1. The molecule has 274 valence electrons. The number of halogens is 2. The van der Waals surface area contributed by atoms with Crippen LogP contribution in [0, 0.1) is 10.1 Å². The number of Topliss-reactive ketones (excluding diaryl/α,β-unsaturated/α-hetero) is 1. The van der Waals surface area contributed by atoms with E-state index < -0.39 is 0 Å². The van der Waals surface area contributed by atoms with Crippen LogP contribution in [0.3, 0.4) is 0 Å². The quantitative estimate of drug-likeness (QED) is 0.0648. The lowest BCUT2D eigenvalue weighted by atomic mass is 10.0. The Morgan fingerprint density at radius 1 is 1.04 bits per heavy atom. The first-order valence-corrected chi connectivity index (χ1v) is 19.8. The summed E-state index contributed by atoms with van der Waals surface area (Å²) in [4.78, 5) is 48.0. The lowest BCUT2D eigenvalue weighted by molar-refractivity contribution is -0.128. The van der Waals surface area contributed by atoms with Crippen LogP contribution in [-0.4, -0.2) is 96.0 Å². The van der Waals surface area contributed by atoms with Gasteiger partial charge >= 0.3 is 6.01 Å². The highest BCUT2D eigenvalue weighted by molar-refractivity contribution is 14.1. The molecule has 0 N–H and O–H groups in total. The van der Waals surface area contributed by atoms with E-state index in [0.29, 0.717) is 45.2 Å². The zero-order valence-corrected chi connectivity index (χ0v) is 32.6. The average molecular weight is 848 g/mol. The Morgan fingerprint density at radius 2 is 1.87 bits per heavy atom. The molecular weight excluding hydrogens is 805 g/mol. The summed E-state index contributed by atoms with van der Waals surface area (Å²) in [5.74, 6) is 0.842. The van der Waals surface area contributed by atoms with Gasteiger partial charge in [0.05, 0.1) is 17.3 Å². The van der Waals surface area contributed by atoms with E-state index in [9.17, 15) is 9.59 Å². The van der Waals surface area contributed by atoms with E-state index >= 15 is 0 Å². The van der Waals surface area contributed by atoms with Crippen molar-refractivity contribution >= 4 is 68.2 Å². The fraction of sp³-hybridized carbons (Fsp3) is 0.390. The Hall–Kier alpha value is -4.25. The van der Waals surface area contributed by atoms with Crippen molar-refractivity contribution in [2.45, 2.75) is 50.7 Å². The van der Waals surface area contributed by atoms with Crippen molar-refractivity contribution < 1.29 is 14.3 Å². The average Bonchev–Trinajstić information content (AvgIpc) is 3.63. The van der Waals surface area contributed by atoms with Gasteiger partial charge in [-0.15, -0.1) is 0 Å². The number of fused-ring (bicyclic) bond motifs is 2. The van der Waals surface area contributed by atoms with Crippen molar-refractivity contribution in [2.24, 2.45) is 0 Å². The molecule has 0 saturated carbocycles. The van der Waals surface area contributed by atoms with Crippen molar-refractivity contribution in [2.75, 3.05) is 62.2 Å². The number of amides is 1. The van der Waals surface area contributed by atoms with E-state index in [1.54, 1.807) is 4.90 Å². The van der Waals surface area contributed by atoms with E-state index in [0.717, 1.165) is 93.0 Å². The minimum Gasteiger partial charge on any atom is -0.462 e. The van der Waals surface area contributed by atoms with Crippen LogP contribution >= 0.6 is 34.2 Å². The number of carbonyl (C=O) groups excluding carboxylic acids is 2. The highest BCUT2D eigenvalue weighted by Crippen LogP contribution is 2.37. The maximum absolute atomic E-state index is 12.8. The summed E-state index contributed by atoms with van der Waals surface area (Å²) in [5, 5.41) is 2.83. The third-order valence-electron chi connectivity index (χ3n) is 10.6. The van der Waals surface area contributed by atoms with Crippen molar-refractivity contribution in [3.63, 3.8) is 0 Å². The van der Waals surface area contributed by atoms with Crippen molar-refractivity contribution in [3.8, 4) is 6.01 Å². The maximum atomic E-state index is 12.8. The summed E-state index contributed by atoms with van der Waals surface area (Å²) in [6.07, 6.45) is 5.44. The smallest absolute Gasteiger partial charge is 0.318 e. The van der Waals surface area contributed by atoms with Gasteiger partial charge in [-0.25, -0.2) is 6.57 Å². The third-order valence-corrected chi connectivity index (χ3v) is 11.6. The van der Waals surface area contributed by atoms with Gasteiger partial charge < -0.3 is 24.3 Å². The normalized spacial score (nSPS) is 18.8. The zero-order valence-electron chi connectivity index (χ0n) is 29.7. The molecule has 0 aliphatic carbocycles. The Kier molecular flexibility index (Phi) is 11.8. The Bertz CT molecular complexity index is 2050. The third kappa shape index (κ3) is 8.30. The molecule has 0 radical (unpaired) electrons. The fourth-order valence-corrected chi connectivity index (χ4v) is 8.80. The van der Waals surface area contributed by atoms with E-state index in [1.807, 2.05) is 36.4 Å². The Balaban J connectivity index is 1.11. The van der Waals surface area contributed by atoms with Gasteiger partial charge in [-0.1, -0.05) is 54.6 Å². The fourth-order valence-electron chi connectivity index (χ4n) is 7.97. The minimum absolute atomic E-state index is 0.156. The summed E-state index contributed by atoms with van der Waals surface area (Å²) >= 11 is 9.00. The summed E-state index contributed by atoms with van der Waals surface area (Å²) in [7, 11) is 0. The molecule has 0 spiro atoms. The molecule has 0 bridgehead atoms. The SMILES string of the molecule is [C-]#[N+]C[C@H]1CN(c2nc(OC[C@@H]3CCCN3CCCC(=O)c3cccc([131I])c3)nc3c2CCN(c2cccc4cccc(Cl)c24)C3)CCN1C(=O)C=C. The van der Waals surface area contributed by atoms with Gasteiger partial charge in [-0.05, 0) is 97.1 Å². The van der Waals surface area contributed by atoms with Crippen LogP contribution in [0.4, 0.5) is 11.5 Å². The van der Waals surface area contributed by atoms with Crippen molar-refractivity contribution in [1.29, 1.82) is 0 Å². The van der Waals surface area contributed by atoms with Gasteiger partial charge in [-0.3, -0.25) is 14.5 Å². The topological polar surface area (TPSA) is 86.5 Å². The molecule has 3 aliphatic rings. The number of ketones is 1. The van der Waals surface area contributed by atoms with Gasteiger partial charge in [0.2, 0.25) is 12.5 Å². The predicted molar refractivity (Wildman–Crippen MR) is 218 cm³/mol. The van der Waals surface area contributed by atoms with E-state index in [1.165, 1.54) is 6.08 Å². The number of hydrogen-bond acceptors (Lipinski definition) is 8. The second kappa shape index (κ2) is 16.8. The lowest BCUT2D eigenvalue weighted by Gasteiger charge is -2.41. The van der Waals surface area contributed by atoms with E-state index in [-0.39, 0.29) is 30.3 Å². The number of anilines is 2. The monoisotopic (exact) mass is 847 g/mol. The maximum Gasteiger partial charge on any atom is 0.318 e. The summed E-state index contributed by atoms with van der Waals surface area (Å²) in [6.45, 7) is 16.6. The van der Waals surface area contributed by atoms with E-state index in [4.69, 9.17) is 32.9 Å². The van der Waals surface area contributed by atoms with Gasteiger partial charge in [0.15, 0.2) is 5.78 Å². The molecule has 12 heteroatoms. The molecule has 2 saturated heterocycles. The summed E-state index contributed by atoms with van der Waals surface area (Å²) in [6, 6.07) is 20.3. The molecular formula is C41H43ClIN7O3. The standard InChI is InChI=1S/C41H43ClIN7O3/c1-3-38(52)50-22-21-49(25-32(50)24-44-2)40-33-17-20-48(36-15-6-10-28-9-5-14-34(42)39(28)36)26-35(33)45-41(46-40)53-27-31-13-7-18-47(31)19-8-16-37(51)29-11-4-12-30(43)23-29/h3-6,9-12,14-15,23,31-32H,1,7-8,13,16-22,24-27H2/t31-,32-/m0/s1/i43+4. The Labute approximate surface area is 329 Å². The predicted octanol–water partition coefficient (Wildman–Crippen LogP) is 7.08. The molecule has 1 amide bonds. The first-order valence-electron chi connectivity index (χ1n) is 18.3. The molecule has 1 aromatic heterocycles. The number of carbonyl (C=O) groups is 2. The summed E-state index contributed by atoms with van der Waals surface area (Å²) < 4.78 is 7.55. The lowest BCUT2D eigenvalue weighted by Crippen LogP contribution is -2.56. The number of hydrogen-bond donors (Lipinski definition) is 0. The van der Waals surface area contributed by atoms with Crippen LogP contribution < -0.4 is 14.5 Å². The van der Waals surface area contributed by atoms with Crippen LogP contribution in [0.25, 0.3) is 15.6 Å². The van der Waals surface area contributed by atoms with Crippen molar-refractivity contribution in [3.05, 3.63) is 110 Å². The van der Waals surface area contributed by atoms with Crippen molar-refractivity contribution in [1.82, 2.24) is 19.8 Å². The van der Waals surface area contributed by atoms with Gasteiger partial charge in [0, 0.05) is 64.4 Å².